The molecule has 0 atom stereocenters. The lowest BCUT2D eigenvalue weighted by atomic mass is 10.3. The highest BCUT2D eigenvalue weighted by Crippen LogP contribution is 1.93. The topological polar surface area (TPSA) is 46.9 Å². The Morgan fingerprint density at radius 3 is 3.07 bits per heavy atom. The van der Waals surface area contributed by atoms with Crippen molar-refractivity contribution in [1.29, 1.82) is 0 Å². The third-order valence-corrected chi connectivity index (χ3v) is 1.77. The van der Waals surface area contributed by atoms with E-state index < -0.39 is 0 Å². The van der Waals surface area contributed by atoms with Gasteiger partial charge < -0.3 is 9.88 Å². The molecule has 0 bridgehead atoms. The molecule has 1 amide bonds. The minimum atomic E-state index is -0.116. The molecular formula is C10H15N3O. The number of carbonyl (C=O) groups is 1. The Labute approximate surface area is 83.6 Å². The molecule has 0 radical (unpaired) electrons. The monoisotopic (exact) mass is 193 g/mol. The standard InChI is InChI=1S/C10H15N3O/c1-3-4-5-6-11-10(14)9-7-13(2)8-12-9/h3-4,7-8H,5-6H2,1-2H3,(H,11,14)/b4-3+. The molecule has 1 heterocycles. The van der Waals surface area contributed by atoms with Gasteiger partial charge in [0.05, 0.1) is 6.33 Å². The smallest absolute Gasteiger partial charge is 0.271 e. The number of carbonyl (C=O) groups excluding carboxylic acids is 1. The Bertz CT molecular complexity index is 328. The van der Waals surface area contributed by atoms with Gasteiger partial charge in [0.25, 0.3) is 5.91 Å². The molecular weight excluding hydrogens is 178 g/mol. The highest BCUT2D eigenvalue weighted by Gasteiger charge is 2.06. The third kappa shape index (κ3) is 3.05. The first kappa shape index (κ1) is 10.5. The fraction of sp³-hybridized carbons (Fsp3) is 0.400. The molecule has 1 rings (SSSR count). The van der Waals surface area contributed by atoms with Gasteiger partial charge in [-0.25, -0.2) is 4.98 Å². The van der Waals surface area contributed by atoms with E-state index in [4.69, 9.17) is 0 Å². The number of rotatable bonds is 4. The number of imidazole rings is 1. The number of hydrogen-bond donors (Lipinski definition) is 1. The summed E-state index contributed by atoms with van der Waals surface area (Å²) < 4.78 is 1.75. The van der Waals surface area contributed by atoms with Gasteiger partial charge in [-0.15, -0.1) is 0 Å². The molecule has 0 spiro atoms. The molecule has 0 aromatic carbocycles. The van der Waals surface area contributed by atoms with Gasteiger partial charge in [0.2, 0.25) is 0 Å². The number of nitrogens with one attached hydrogen (secondary N) is 1. The summed E-state index contributed by atoms with van der Waals surface area (Å²) in [4.78, 5) is 15.4. The second-order valence-corrected chi connectivity index (χ2v) is 3.04. The Balaban J connectivity index is 2.35. The summed E-state index contributed by atoms with van der Waals surface area (Å²) in [5.41, 5.74) is 0.466. The van der Waals surface area contributed by atoms with Crippen LogP contribution in [-0.2, 0) is 7.05 Å². The zero-order valence-electron chi connectivity index (χ0n) is 8.53. The maximum absolute atomic E-state index is 11.4. The quantitative estimate of drug-likeness (QED) is 0.575. The van der Waals surface area contributed by atoms with E-state index >= 15 is 0 Å². The molecule has 1 N–H and O–H groups in total. The second-order valence-electron chi connectivity index (χ2n) is 3.04. The van der Waals surface area contributed by atoms with Gasteiger partial charge in [0, 0.05) is 19.8 Å². The Hall–Kier alpha value is -1.58. The molecule has 0 saturated heterocycles. The van der Waals surface area contributed by atoms with E-state index in [2.05, 4.69) is 10.3 Å². The van der Waals surface area contributed by atoms with Crippen LogP contribution in [0.2, 0.25) is 0 Å². The van der Waals surface area contributed by atoms with Crippen molar-refractivity contribution < 1.29 is 4.79 Å². The Kier molecular flexibility index (Phi) is 3.91. The summed E-state index contributed by atoms with van der Waals surface area (Å²) >= 11 is 0. The van der Waals surface area contributed by atoms with E-state index in [9.17, 15) is 4.79 Å². The van der Waals surface area contributed by atoms with Gasteiger partial charge in [-0.05, 0) is 13.3 Å². The first-order chi connectivity index (χ1) is 6.74. The summed E-state index contributed by atoms with van der Waals surface area (Å²) in [6.07, 6.45) is 8.15. The van der Waals surface area contributed by atoms with Crippen LogP contribution in [0.25, 0.3) is 0 Å². The highest BCUT2D eigenvalue weighted by molar-refractivity contribution is 5.91. The summed E-state index contributed by atoms with van der Waals surface area (Å²) in [6.45, 7) is 2.61. The minimum absolute atomic E-state index is 0.116. The van der Waals surface area contributed by atoms with Crippen molar-refractivity contribution in [3.8, 4) is 0 Å². The fourth-order valence-electron chi connectivity index (χ4n) is 1.06. The number of aromatic nitrogens is 2. The van der Waals surface area contributed by atoms with E-state index in [1.807, 2.05) is 26.1 Å². The van der Waals surface area contributed by atoms with Gasteiger partial charge in [-0.1, -0.05) is 12.2 Å². The minimum Gasteiger partial charge on any atom is -0.350 e. The number of aryl methyl sites for hydroxylation is 1. The van der Waals surface area contributed by atoms with E-state index in [0.29, 0.717) is 12.2 Å². The molecule has 14 heavy (non-hydrogen) atoms. The molecule has 0 fully saturated rings. The highest BCUT2D eigenvalue weighted by atomic mass is 16.1. The van der Waals surface area contributed by atoms with Gasteiger partial charge >= 0.3 is 0 Å². The first-order valence-electron chi connectivity index (χ1n) is 4.61. The lowest BCUT2D eigenvalue weighted by Crippen LogP contribution is -2.24. The van der Waals surface area contributed by atoms with Gasteiger partial charge in [-0.3, -0.25) is 4.79 Å². The SMILES string of the molecule is C/C=C/CCNC(=O)c1cn(C)cn1. The van der Waals surface area contributed by atoms with Gasteiger partial charge in [-0.2, -0.15) is 0 Å². The van der Waals surface area contributed by atoms with Crippen LogP contribution in [0.4, 0.5) is 0 Å². The van der Waals surface area contributed by atoms with Crippen LogP contribution in [0.15, 0.2) is 24.7 Å². The predicted molar refractivity (Wildman–Crippen MR) is 55.0 cm³/mol. The average Bonchev–Trinajstić information content (AvgIpc) is 2.59. The van der Waals surface area contributed by atoms with Crippen molar-refractivity contribution in [2.75, 3.05) is 6.54 Å². The molecule has 1 aromatic rings. The van der Waals surface area contributed by atoms with Crippen LogP contribution in [0.1, 0.15) is 23.8 Å². The van der Waals surface area contributed by atoms with Crippen molar-refractivity contribution in [3.63, 3.8) is 0 Å². The van der Waals surface area contributed by atoms with Crippen molar-refractivity contribution in [3.05, 3.63) is 30.4 Å². The number of hydrogen-bond acceptors (Lipinski definition) is 2. The van der Waals surface area contributed by atoms with Crippen LogP contribution in [-0.4, -0.2) is 22.0 Å². The molecule has 76 valence electrons. The van der Waals surface area contributed by atoms with Crippen LogP contribution < -0.4 is 5.32 Å². The number of amides is 1. The molecule has 4 heteroatoms. The number of nitrogens with zero attached hydrogens (tertiary/aromatic N) is 2. The largest absolute Gasteiger partial charge is 0.350 e. The third-order valence-electron chi connectivity index (χ3n) is 1.77. The van der Waals surface area contributed by atoms with Crippen LogP contribution in [0.3, 0.4) is 0 Å². The first-order valence-corrected chi connectivity index (χ1v) is 4.61. The van der Waals surface area contributed by atoms with E-state index in [1.165, 1.54) is 0 Å². The summed E-state index contributed by atoms with van der Waals surface area (Å²) in [6, 6.07) is 0. The van der Waals surface area contributed by atoms with E-state index in [1.54, 1.807) is 17.1 Å². The van der Waals surface area contributed by atoms with Crippen LogP contribution in [0, 0.1) is 0 Å². The second kappa shape index (κ2) is 5.21. The van der Waals surface area contributed by atoms with Crippen molar-refractivity contribution >= 4 is 5.91 Å². The maximum atomic E-state index is 11.4. The van der Waals surface area contributed by atoms with E-state index in [-0.39, 0.29) is 5.91 Å². The van der Waals surface area contributed by atoms with Crippen LogP contribution in [0.5, 0.6) is 0 Å². The zero-order chi connectivity index (χ0) is 10.4. The summed E-state index contributed by atoms with van der Waals surface area (Å²) in [7, 11) is 1.84. The molecule has 0 aliphatic heterocycles. The molecule has 0 aliphatic rings. The lowest BCUT2D eigenvalue weighted by Gasteiger charge is -1.99. The zero-order valence-corrected chi connectivity index (χ0v) is 8.53. The predicted octanol–water partition coefficient (Wildman–Crippen LogP) is 1.12. The van der Waals surface area contributed by atoms with Crippen molar-refractivity contribution in [2.24, 2.45) is 7.05 Å². The lowest BCUT2D eigenvalue weighted by molar-refractivity contribution is 0.0950. The van der Waals surface area contributed by atoms with Crippen molar-refractivity contribution in [2.45, 2.75) is 13.3 Å². The van der Waals surface area contributed by atoms with Gasteiger partial charge in [0.1, 0.15) is 5.69 Å². The normalized spacial score (nSPS) is 10.7. The Morgan fingerprint density at radius 1 is 1.71 bits per heavy atom. The molecule has 0 aliphatic carbocycles. The molecule has 0 unspecified atom stereocenters. The van der Waals surface area contributed by atoms with Gasteiger partial charge in [0.15, 0.2) is 0 Å². The Morgan fingerprint density at radius 2 is 2.50 bits per heavy atom. The van der Waals surface area contributed by atoms with E-state index in [0.717, 1.165) is 6.42 Å². The molecule has 1 aromatic heterocycles. The molecule has 4 nitrogen and oxygen atoms in total. The maximum Gasteiger partial charge on any atom is 0.271 e. The van der Waals surface area contributed by atoms with Crippen LogP contribution >= 0.6 is 0 Å². The van der Waals surface area contributed by atoms with Crippen molar-refractivity contribution in [1.82, 2.24) is 14.9 Å². The average molecular weight is 193 g/mol. The summed E-state index contributed by atoms with van der Waals surface area (Å²) in [5.74, 6) is -0.116. The summed E-state index contributed by atoms with van der Waals surface area (Å²) in [5, 5.41) is 2.78. The molecule has 0 saturated carbocycles. The fourth-order valence-corrected chi connectivity index (χ4v) is 1.06. The number of allylic oxidation sites excluding steroid dienone is 1.